The van der Waals surface area contributed by atoms with E-state index >= 15 is 0 Å². The number of nitrogens with two attached hydrogens (primary N) is 1. The summed E-state index contributed by atoms with van der Waals surface area (Å²) in [5.41, 5.74) is 7.21. The van der Waals surface area contributed by atoms with E-state index in [4.69, 9.17) is 15.2 Å². The van der Waals surface area contributed by atoms with Crippen LogP contribution in [0.2, 0.25) is 0 Å². The van der Waals surface area contributed by atoms with Gasteiger partial charge < -0.3 is 15.2 Å². The van der Waals surface area contributed by atoms with Gasteiger partial charge in [0.2, 0.25) is 0 Å². The van der Waals surface area contributed by atoms with Gasteiger partial charge in [-0.15, -0.1) is 0 Å². The van der Waals surface area contributed by atoms with Crippen molar-refractivity contribution in [2.45, 2.75) is 51.3 Å². The van der Waals surface area contributed by atoms with E-state index in [-0.39, 0.29) is 12.1 Å². The predicted octanol–water partition coefficient (Wildman–Crippen LogP) is 1.53. The van der Waals surface area contributed by atoms with Gasteiger partial charge in [0.15, 0.2) is 0 Å². The summed E-state index contributed by atoms with van der Waals surface area (Å²) in [6.07, 6.45) is 4.98. The molecule has 0 saturated carbocycles. The lowest BCUT2D eigenvalue weighted by Crippen LogP contribution is -2.44. The molecule has 5 heteroatoms. The van der Waals surface area contributed by atoms with Gasteiger partial charge in [0, 0.05) is 18.7 Å². The van der Waals surface area contributed by atoms with E-state index < -0.39 is 0 Å². The third-order valence-corrected chi connectivity index (χ3v) is 3.74. The Kier molecular flexibility index (Phi) is 5.36. The van der Waals surface area contributed by atoms with Gasteiger partial charge >= 0.3 is 0 Å². The monoisotopic (exact) mass is 267 g/mol. The Morgan fingerprint density at radius 3 is 2.84 bits per heavy atom. The molecule has 19 heavy (non-hydrogen) atoms. The van der Waals surface area contributed by atoms with E-state index in [2.05, 4.69) is 35.9 Å². The molecule has 2 unspecified atom stereocenters. The zero-order valence-corrected chi connectivity index (χ0v) is 11.9. The molecule has 2 N–H and O–H groups in total. The van der Waals surface area contributed by atoms with Crippen molar-refractivity contribution in [1.82, 2.24) is 9.78 Å². The maximum Gasteiger partial charge on any atom is 0.0963 e. The molecule has 0 aliphatic carbocycles. The summed E-state index contributed by atoms with van der Waals surface area (Å²) < 4.78 is 13.1. The maximum absolute atomic E-state index is 6.18. The molecular formula is C14H25N3O2. The van der Waals surface area contributed by atoms with Crippen LogP contribution < -0.4 is 5.73 Å². The lowest BCUT2D eigenvalue weighted by atomic mass is 10.1. The average molecular weight is 267 g/mol. The fourth-order valence-corrected chi connectivity index (χ4v) is 2.48. The Hall–Kier alpha value is -0.910. The first-order valence-corrected chi connectivity index (χ1v) is 7.23. The highest BCUT2D eigenvalue weighted by Crippen LogP contribution is 2.15. The second-order valence-electron chi connectivity index (χ2n) is 5.11. The van der Waals surface area contributed by atoms with E-state index in [1.807, 2.05) is 0 Å². The van der Waals surface area contributed by atoms with Crippen molar-refractivity contribution < 1.29 is 9.47 Å². The number of nitrogens with zero attached hydrogens (tertiary/aromatic N) is 2. The smallest absolute Gasteiger partial charge is 0.0963 e. The van der Waals surface area contributed by atoms with Crippen molar-refractivity contribution >= 4 is 0 Å². The van der Waals surface area contributed by atoms with E-state index in [9.17, 15) is 0 Å². The highest BCUT2D eigenvalue weighted by atomic mass is 16.6. The summed E-state index contributed by atoms with van der Waals surface area (Å²) in [4.78, 5) is 0. The minimum atomic E-state index is -0.0506. The molecule has 1 aromatic rings. The van der Waals surface area contributed by atoms with Crippen molar-refractivity contribution in [2.24, 2.45) is 5.73 Å². The molecule has 0 bridgehead atoms. The van der Waals surface area contributed by atoms with Gasteiger partial charge in [0.05, 0.1) is 37.7 Å². The molecule has 0 spiro atoms. The quantitative estimate of drug-likeness (QED) is 0.849. The predicted molar refractivity (Wildman–Crippen MR) is 74.1 cm³/mol. The van der Waals surface area contributed by atoms with Gasteiger partial charge in [-0.3, -0.25) is 4.68 Å². The SMILES string of the molecule is CCC(CC)n1ccc(CC(N)C2COCCO2)n1. The van der Waals surface area contributed by atoms with Crippen molar-refractivity contribution in [2.75, 3.05) is 19.8 Å². The lowest BCUT2D eigenvalue weighted by Gasteiger charge is -2.27. The molecule has 0 aromatic carbocycles. The zero-order chi connectivity index (χ0) is 13.7. The highest BCUT2D eigenvalue weighted by molar-refractivity contribution is 5.03. The molecule has 0 amide bonds. The van der Waals surface area contributed by atoms with Crippen molar-refractivity contribution in [3.63, 3.8) is 0 Å². The Morgan fingerprint density at radius 1 is 1.42 bits per heavy atom. The number of hydrogen-bond acceptors (Lipinski definition) is 4. The van der Waals surface area contributed by atoms with E-state index in [1.165, 1.54) is 0 Å². The summed E-state index contributed by atoms with van der Waals surface area (Å²) in [5, 5.41) is 4.63. The van der Waals surface area contributed by atoms with Gasteiger partial charge in [-0.05, 0) is 18.9 Å². The van der Waals surface area contributed by atoms with Crippen LogP contribution in [0.15, 0.2) is 12.3 Å². The third kappa shape index (κ3) is 3.78. The second kappa shape index (κ2) is 7.03. The first-order valence-electron chi connectivity index (χ1n) is 7.23. The zero-order valence-electron chi connectivity index (χ0n) is 11.9. The minimum Gasteiger partial charge on any atom is -0.376 e. The van der Waals surface area contributed by atoms with Crippen LogP contribution in [-0.2, 0) is 15.9 Å². The van der Waals surface area contributed by atoms with Crippen LogP contribution in [-0.4, -0.2) is 41.7 Å². The second-order valence-corrected chi connectivity index (χ2v) is 5.11. The Morgan fingerprint density at radius 2 is 2.21 bits per heavy atom. The summed E-state index contributed by atoms with van der Waals surface area (Å²) in [5.74, 6) is 0. The van der Waals surface area contributed by atoms with Crippen LogP contribution in [0.25, 0.3) is 0 Å². The van der Waals surface area contributed by atoms with Gasteiger partial charge in [-0.25, -0.2) is 0 Å². The average Bonchev–Trinajstić information content (AvgIpc) is 2.89. The molecule has 1 fully saturated rings. The first-order chi connectivity index (χ1) is 9.24. The van der Waals surface area contributed by atoms with Crippen LogP contribution in [0, 0.1) is 0 Å². The van der Waals surface area contributed by atoms with Gasteiger partial charge in [0.1, 0.15) is 0 Å². The summed E-state index contributed by atoms with van der Waals surface area (Å²) in [6.45, 7) is 6.28. The first kappa shape index (κ1) is 14.5. The van der Waals surface area contributed by atoms with Crippen LogP contribution in [0.4, 0.5) is 0 Å². The van der Waals surface area contributed by atoms with Crippen LogP contribution in [0.3, 0.4) is 0 Å². The lowest BCUT2D eigenvalue weighted by molar-refractivity contribution is -0.0968. The standard InChI is InChI=1S/C14H25N3O2/c1-3-12(4-2)17-6-5-11(16-17)9-13(15)14-10-18-7-8-19-14/h5-6,12-14H,3-4,7-10,15H2,1-2H3. The van der Waals surface area contributed by atoms with Crippen LogP contribution >= 0.6 is 0 Å². The Bertz CT molecular complexity index is 371. The molecule has 5 nitrogen and oxygen atoms in total. The molecule has 2 atom stereocenters. The number of ether oxygens (including phenoxy) is 2. The molecule has 1 aliphatic rings. The number of rotatable bonds is 6. The van der Waals surface area contributed by atoms with E-state index in [0.717, 1.165) is 25.0 Å². The minimum absolute atomic E-state index is 0.00736. The maximum atomic E-state index is 6.18. The summed E-state index contributed by atoms with van der Waals surface area (Å²) in [7, 11) is 0. The largest absolute Gasteiger partial charge is 0.376 e. The van der Waals surface area contributed by atoms with Crippen molar-refractivity contribution in [3.05, 3.63) is 18.0 Å². The molecule has 2 heterocycles. The molecule has 1 aliphatic heterocycles. The van der Waals surface area contributed by atoms with Crippen molar-refractivity contribution in [1.29, 1.82) is 0 Å². The molecule has 0 radical (unpaired) electrons. The fraction of sp³-hybridized carbons (Fsp3) is 0.786. The molecule has 1 aromatic heterocycles. The summed E-state index contributed by atoms with van der Waals surface area (Å²) in [6, 6.07) is 2.49. The molecule has 1 saturated heterocycles. The summed E-state index contributed by atoms with van der Waals surface area (Å²) >= 11 is 0. The number of hydrogen-bond donors (Lipinski definition) is 1. The van der Waals surface area contributed by atoms with Crippen LogP contribution in [0.1, 0.15) is 38.4 Å². The topological polar surface area (TPSA) is 62.3 Å². The third-order valence-electron chi connectivity index (χ3n) is 3.74. The van der Waals surface area contributed by atoms with Gasteiger partial charge in [-0.2, -0.15) is 5.10 Å². The molecule has 2 rings (SSSR count). The van der Waals surface area contributed by atoms with Crippen molar-refractivity contribution in [3.8, 4) is 0 Å². The molecule has 108 valence electrons. The fourth-order valence-electron chi connectivity index (χ4n) is 2.48. The highest BCUT2D eigenvalue weighted by Gasteiger charge is 2.23. The normalized spacial score (nSPS) is 21.8. The molecular weight excluding hydrogens is 242 g/mol. The van der Waals surface area contributed by atoms with E-state index in [1.54, 1.807) is 0 Å². The van der Waals surface area contributed by atoms with Gasteiger partial charge in [0.25, 0.3) is 0 Å². The Balaban J connectivity index is 1.91. The van der Waals surface area contributed by atoms with Crippen LogP contribution in [0.5, 0.6) is 0 Å². The number of aromatic nitrogens is 2. The van der Waals surface area contributed by atoms with E-state index in [0.29, 0.717) is 25.9 Å². The van der Waals surface area contributed by atoms with Gasteiger partial charge in [-0.1, -0.05) is 13.8 Å². The Labute approximate surface area is 115 Å².